The Bertz CT molecular complexity index is 194. The Morgan fingerprint density at radius 3 is 2.47 bits per heavy atom. The van der Waals surface area contributed by atoms with Crippen molar-refractivity contribution >= 4 is 5.91 Å². The van der Waals surface area contributed by atoms with Gasteiger partial charge in [0.25, 0.3) is 0 Å². The monoisotopic (exact) mass is 244 g/mol. The highest BCUT2D eigenvalue weighted by molar-refractivity contribution is 5.78. The molecule has 1 N–H and O–H groups in total. The fraction of sp³-hybridized carbons (Fsp3) is 0.923. The molecular weight excluding hydrogens is 216 g/mol. The number of hydrogen-bond donors (Lipinski definition) is 1. The van der Waals surface area contributed by atoms with Crippen molar-refractivity contribution in [2.45, 2.75) is 33.1 Å². The summed E-state index contributed by atoms with van der Waals surface area (Å²) in [6.45, 7) is 7.59. The zero-order valence-corrected chi connectivity index (χ0v) is 11.8. The Labute approximate surface area is 106 Å². The number of ether oxygens (including phenoxy) is 1. The van der Waals surface area contributed by atoms with E-state index in [0.29, 0.717) is 0 Å². The van der Waals surface area contributed by atoms with Crippen molar-refractivity contribution in [2.75, 3.05) is 40.4 Å². The van der Waals surface area contributed by atoms with Crippen LogP contribution in [0.4, 0.5) is 0 Å². The van der Waals surface area contributed by atoms with Crippen molar-refractivity contribution in [2.24, 2.45) is 5.92 Å². The van der Waals surface area contributed by atoms with Crippen molar-refractivity contribution in [3.8, 4) is 0 Å². The van der Waals surface area contributed by atoms with Crippen LogP contribution in [0.5, 0.6) is 0 Å². The Morgan fingerprint density at radius 2 is 1.94 bits per heavy atom. The van der Waals surface area contributed by atoms with Gasteiger partial charge in [0, 0.05) is 26.1 Å². The van der Waals surface area contributed by atoms with Crippen LogP contribution in [0.15, 0.2) is 0 Å². The summed E-state index contributed by atoms with van der Waals surface area (Å²) in [7, 11) is 3.78. The molecule has 0 aromatic heterocycles. The lowest BCUT2D eigenvalue weighted by atomic mass is 10.0. The first-order valence-corrected chi connectivity index (χ1v) is 6.60. The second-order valence-corrected chi connectivity index (χ2v) is 4.45. The van der Waals surface area contributed by atoms with Gasteiger partial charge in [0.15, 0.2) is 0 Å². The highest BCUT2D eigenvalue weighted by Crippen LogP contribution is 2.06. The maximum Gasteiger partial charge on any atom is 0.223 e. The number of methoxy groups -OCH3 is 1. The van der Waals surface area contributed by atoms with Crippen LogP contribution in [0.2, 0.25) is 0 Å². The van der Waals surface area contributed by atoms with Crippen LogP contribution < -0.4 is 5.32 Å². The zero-order valence-electron chi connectivity index (χ0n) is 11.8. The second kappa shape index (κ2) is 10.5. The molecule has 102 valence electrons. The summed E-state index contributed by atoms with van der Waals surface area (Å²) >= 11 is 0. The van der Waals surface area contributed by atoms with E-state index in [1.165, 1.54) is 0 Å². The molecule has 0 aliphatic carbocycles. The first-order chi connectivity index (χ1) is 8.15. The standard InChI is InChI=1S/C13H28N2O2/c1-5-12(6-2)13(16)14-8-7-9-15(3)10-11-17-4/h12H,5-11H2,1-4H3,(H,14,16). The molecule has 0 aromatic rings. The third-order valence-corrected chi connectivity index (χ3v) is 3.05. The fourth-order valence-corrected chi connectivity index (χ4v) is 1.72. The number of nitrogens with one attached hydrogen (secondary N) is 1. The molecule has 0 heterocycles. The Balaban J connectivity index is 3.53. The van der Waals surface area contributed by atoms with Crippen LogP contribution in [0, 0.1) is 5.92 Å². The molecule has 0 bridgehead atoms. The quantitative estimate of drug-likeness (QED) is 0.592. The molecule has 0 aliphatic heterocycles. The van der Waals surface area contributed by atoms with E-state index in [2.05, 4.69) is 31.1 Å². The molecule has 0 unspecified atom stereocenters. The van der Waals surface area contributed by atoms with Gasteiger partial charge in [-0.1, -0.05) is 13.8 Å². The van der Waals surface area contributed by atoms with Crippen LogP contribution >= 0.6 is 0 Å². The molecule has 17 heavy (non-hydrogen) atoms. The maximum absolute atomic E-state index is 11.7. The minimum Gasteiger partial charge on any atom is -0.383 e. The summed E-state index contributed by atoms with van der Waals surface area (Å²) in [5.41, 5.74) is 0. The average Bonchev–Trinajstić information content (AvgIpc) is 2.33. The van der Waals surface area contributed by atoms with Gasteiger partial charge in [0.2, 0.25) is 5.91 Å². The molecule has 0 aromatic carbocycles. The smallest absolute Gasteiger partial charge is 0.223 e. The number of nitrogens with zero attached hydrogens (tertiary/aromatic N) is 1. The Morgan fingerprint density at radius 1 is 1.29 bits per heavy atom. The van der Waals surface area contributed by atoms with Crippen LogP contribution in [0.1, 0.15) is 33.1 Å². The summed E-state index contributed by atoms with van der Waals surface area (Å²) in [5.74, 6) is 0.385. The van der Waals surface area contributed by atoms with Gasteiger partial charge in [-0.15, -0.1) is 0 Å². The van der Waals surface area contributed by atoms with Crippen LogP contribution in [-0.4, -0.2) is 51.2 Å². The molecule has 0 fully saturated rings. The Kier molecular flexibility index (Phi) is 10.2. The second-order valence-electron chi connectivity index (χ2n) is 4.45. The lowest BCUT2D eigenvalue weighted by Crippen LogP contribution is -2.33. The van der Waals surface area contributed by atoms with E-state index < -0.39 is 0 Å². The van der Waals surface area contributed by atoms with Gasteiger partial charge in [-0.25, -0.2) is 0 Å². The van der Waals surface area contributed by atoms with Gasteiger partial charge >= 0.3 is 0 Å². The number of carbonyl (C=O) groups excluding carboxylic acids is 1. The molecule has 0 saturated carbocycles. The van der Waals surface area contributed by atoms with Gasteiger partial charge in [-0.2, -0.15) is 0 Å². The molecule has 0 spiro atoms. The van der Waals surface area contributed by atoms with E-state index in [-0.39, 0.29) is 11.8 Å². The normalized spacial score (nSPS) is 11.2. The van der Waals surface area contributed by atoms with Gasteiger partial charge in [0.05, 0.1) is 6.61 Å². The average molecular weight is 244 g/mol. The van der Waals surface area contributed by atoms with Crippen molar-refractivity contribution in [1.82, 2.24) is 10.2 Å². The maximum atomic E-state index is 11.7. The summed E-state index contributed by atoms with van der Waals surface area (Å²) < 4.78 is 5.01. The van der Waals surface area contributed by atoms with Gasteiger partial charge in [0.1, 0.15) is 0 Å². The molecule has 1 amide bonds. The van der Waals surface area contributed by atoms with E-state index in [4.69, 9.17) is 4.74 Å². The molecule has 4 heteroatoms. The van der Waals surface area contributed by atoms with Gasteiger partial charge < -0.3 is 15.0 Å². The van der Waals surface area contributed by atoms with Crippen LogP contribution in [-0.2, 0) is 9.53 Å². The molecule has 4 nitrogen and oxygen atoms in total. The van der Waals surface area contributed by atoms with E-state index in [1.807, 2.05) is 0 Å². The van der Waals surface area contributed by atoms with E-state index in [1.54, 1.807) is 7.11 Å². The number of carbonyl (C=O) groups is 1. The number of hydrogen-bond acceptors (Lipinski definition) is 3. The minimum absolute atomic E-state index is 0.182. The molecule has 0 rings (SSSR count). The van der Waals surface area contributed by atoms with E-state index in [9.17, 15) is 4.79 Å². The van der Waals surface area contributed by atoms with Crippen molar-refractivity contribution in [1.29, 1.82) is 0 Å². The number of rotatable bonds is 10. The highest BCUT2D eigenvalue weighted by Gasteiger charge is 2.12. The summed E-state index contributed by atoms with van der Waals surface area (Å²) in [6.07, 6.45) is 2.85. The predicted octanol–water partition coefficient (Wildman–Crippen LogP) is 1.51. The fourth-order valence-electron chi connectivity index (χ4n) is 1.72. The summed E-state index contributed by atoms with van der Waals surface area (Å²) in [6, 6.07) is 0. The van der Waals surface area contributed by atoms with Gasteiger partial charge in [-0.05, 0) is 32.9 Å². The summed E-state index contributed by atoms with van der Waals surface area (Å²) in [4.78, 5) is 13.9. The van der Waals surface area contributed by atoms with Crippen molar-refractivity contribution in [3.63, 3.8) is 0 Å². The van der Waals surface area contributed by atoms with Crippen LogP contribution in [0.25, 0.3) is 0 Å². The Hall–Kier alpha value is -0.610. The van der Waals surface area contributed by atoms with E-state index >= 15 is 0 Å². The first kappa shape index (κ1) is 16.4. The molecule has 0 radical (unpaired) electrons. The number of amides is 1. The van der Waals surface area contributed by atoms with Crippen molar-refractivity contribution in [3.05, 3.63) is 0 Å². The topological polar surface area (TPSA) is 41.6 Å². The third kappa shape index (κ3) is 8.16. The zero-order chi connectivity index (χ0) is 13.1. The molecule has 0 atom stereocenters. The predicted molar refractivity (Wildman–Crippen MR) is 71.1 cm³/mol. The summed E-state index contributed by atoms with van der Waals surface area (Å²) in [5, 5.41) is 3.00. The SMILES string of the molecule is CCC(CC)C(=O)NCCCN(C)CCOC. The van der Waals surface area contributed by atoms with E-state index in [0.717, 1.165) is 45.5 Å². The lowest BCUT2D eigenvalue weighted by Gasteiger charge is -2.17. The largest absolute Gasteiger partial charge is 0.383 e. The molecule has 0 aliphatic rings. The first-order valence-electron chi connectivity index (χ1n) is 6.60. The van der Waals surface area contributed by atoms with Crippen molar-refractivity contribution < 1.29 is 9.53 Å². The molecular formula is C13H28N2O2. The highest BCUT2D eigenvalue weighted by atomic mass is 16.5. The number of likely N-dealkylation sites (N-methyl/N-ethyl adjacent to an activating group) is 1. The van der Waals surface area contributed by atoms with Crippen LogP contribution in [0.3, 0.4) is 0 Å². The minimum atomic E-state index is 0.182. The molecule has 0 saturated heterocycles. The third-order valence-electron chi connectivity index (χ3n) is 3.05. The van der Waals surface area contributed by atoms with Gasteiger partial charge in [-0.3, -0.25) is 4.79 Å². The lowest BCUT2D eigenvalue weighted by molar-refractivity contribution is -0.125.